The summed E-state index contributed by atoms with van der Waals surface area (Å²) in [7, 11) is 0. The number of halogens is 3. The minimum absolute atomic E-state index is 0.262. The van der Waals surface area contributed by atoms with E-state index in [2.05, 4.69) is 0 Å². The molecular formula is C12H15F3N2O2. The third-order valence-electron chi connectivity index (χ3n) is 3.03. The second-order valence-corrected chi connectivity index (χ2v) is 4.41. The van der Waals surface area contributed by atoms with E-state index in [9.17, 15) is 23.3 Å². The number of benzene rings is 1. The first kappa shape index (κ1) is 15.4. The molecule has 2 N–H and O–H groups in total. The molecule has 0 aliphatic heterocycles. The van der Waals surface area contributed by atoms with Crippen LogP contribution in [0.3, 0.4) is 0 Å². The minimum atomic E-state index is -4.76. The van der Waals surface area contributed by atoms with Crippen molar-refractivity contribution in [1.82, 2.24) is 0 Å². The van der Waals surface area contributed by atoms with Crippen LogP contribution in [0.2, 0.25) is 0 Å². The number of nitrogens with zero attached hydrogens (tertiary/aromatic N) is 1. The van der Waals surface area contributed by atoms with Crippen molar-refractivity contribution in [1.29, 1.82) is 0 Å². The molecule has 106 valence electrons. The Labute approximate surface area is 108 Å². The highest BCUT2D eigenvalue weighted by Gasteiger charge is 2.38. The Morgan fingerprint density at radius 3 is 2.37 bits per heavy atom. The molecule has 0 aromatic heterocycles. The summed E-state index contributed by atoms with van der Waals surface area (Å²) in [4.78, 5) is 9.61. The van der Waals surface area contributed by atoms with Gasteiger partial charge in [-0.15, -0.1) is 0 Å². The maximum absolute atomic E-state index is 12.8. The monoisotopic (exact) mass is 276 g/mol. The van der Waals surface area contributed by atoms with Gasteiger partial charge in [0.15, 0.2) is 0 Å². The fourth-order valence-corrected chi connectivity index (χ4v) is 2.08. The summed E-state index contributed by atoms with van der Waals surface area (Å²) in [5, 5.41) is 10.6. The summed E-state index contributed by atoms with van der Waals surface area (Å²) in [6.45, 7) is 3.51. The van der Waals surface area contributed by atoms with Crippen LogP contribution < -0.4 is 5.73 Å². The zero-order valence-corrected chi connectivity index (χ0v) is 10.6. The third-order valence-corrected chi connectivity index (χ3v) is 3.03. The standard InChI is InChI=1S/C12H15F3N2O2/c1-3-9(7(2)16)8-4-5-11(17(18)19)10(6-8)12(13,14)15/h4-7,9H,3,16H2,1-2H3. The number of nitro groups is 1. The van der Waals surface area contributed by atoms with Gasteiger partial charge in [-0.1, -0.05) is 13.0 Å². The molecule has 0 bridgehead atoms. The molecule has 0 saturated heterocycles. The number of nitrogens with two attached hydrogens (primary N) is 1. The first-order valence-corrected chi connectivity index (χ1v) is 5.79. The van der Waals surface area contributed by atoms with Crippen molar-refractivity contribution in [2.75, 3.05) is 0 Å². The molecule has 4 nitrogen and oxygen atoms in total. The molecule has 0 aliphatic rings. The Balaban J connectivity index is 3.37. The molecule has 19 heavy (non-hydrogen) atoms. The average molecular weight is 276 g/mol. The second-order valence-electron chi connectivity index (χ2n) is 4.41. The van der Waals surface area contributed by atoms with Crippen molar-refractivity contribution >= 4 is 5.69 Å². The molecule has 0 fully saturated rings. The number of hydrogen-bond donors (Lipinski definition) is 1. The highest BCUT2D eigenvalue weighted by molar-refractivity contribution is 5.45. The lowest BCUT2D eigenvalue weighted by atomic mass is 9.89. The van der Waals surface area contributed by atoms with E-state index in [1.54, 1.807) is 6.92 Å². The molecule has 1 aromatic rings. The largest absolute Gasteiger partial charge is 0.423 e. The van der Waals surface area contributed by atoms with Gasteiger partial charge >= 0.3 is 6.18 Å². The fraction of sp³-hybridized carbons (Fsp3) is 0.500. The maximum atomic E-state index is 12.8. The molecule has 1 aromatic carbocycles. The lowest BCUT2D eigenvalue weighted by Crippen LogP contribution is -2.24. The molecule has 2 unspecified atom stereocenters. The summed E-state index contributed by atoms with van der Waals surface area (Å²) in [6, 6.07) is 2.73. The van der Waals surface area contributed by atoms with Crippen LogP contribution in [0.1, 0.15) is 37.3 Å². The van der Waals surface area contributed by atoms with E-state index in [-0.39, 0.29) is 12.0 Å². The van der Waals surface area contributed by atoms with E-state index in [4.69, 9.17) is 5.73 Å². The van der Waals surface area contributed by atoms with E-state index in [1.165, 1.54) is 6.07 Å². The lowest BCUT2D eigenvalue weighted by molar-refractivity contribution is -0.388. The molecule has 0 amide bonds. The smallest absolute Gasteiger partial charge is 0.327 e. The highest BCUT2D eigenvalue weighted by atomic mass is 19.4. The Hall–Kier alpha value is -1.63. The second kappa shape index (κ2) is 5.56. The molecule has 2 atom stereocenters. The molecule has 1 rings (SSSR count). The van der Waals surface area contributed by atoms with Crippen LogP contribution in [-0.2, 0) is 6.18 Å². The average Bonchev–Trinajstić information content (AvgIpc) is 2.27. The van der Waals surface area contributed by atoms with E-state index in [0.29, 0.717) is 12.0 Å². The molecular weight excluding hydrogens is 261 g/mol. The Bertz CT molecular complexity index is 473. The Kier molecular flexibility index (Phi) is 4.52. The van der Waals surface area contributed by atoms with Crippen LogP contribution in [0, 0.1) is 10.1 Å². The first-order valence-electron chi connectivity index (χ1n) is 5.79. The maximum Gasteiger partial charge on any atom is 0.423 e. The van der Waals surface area contributed by atoms with Crippen molar-refractivity contribution in [3.05, 3.63) is 39.4 Å². The minimum Gasteiger partial charge on any atom is -0.327 e. The SMILES string of the molecule is CCC(c1ccc([N+](=O)[O-])c(C(F)(F)F)c1)C(C)N. The zero-order chi connectivity index (χ0) is 14.8. The van der Waals surface area contributed by atoms with Crippen molar-refractivity contribution in [3.63, 3.8) is 0 Å². The van der Waals surface area contributed by atoms with E-state index in [1.807, 2.05) is 6.92 Å². The normalized spacial score (nSPS) is 15.1. The van der Waals surface area contributed by atoms with Gasteiger partial charge in [0.25, 0.3) is 5.69 Å². The van der Waals surface area contributed by atoms with Crippen molar-refractivity contribution in [3.8, 4) is 0 Å². The van der Waals surface area contributed by atoms with Gasteiger partial charge in [-0.25, -0.2) is 0 Å². The van der Waals surface area contributed by atoms with Crippen molar-refractivity contribution in [2.24, 2.45) is 5.73 Å². The third kappa shape index (κ3) is 3.44. The molecule has 0 heterocycles. The van der Waals surface area contributed by atoms with Crippen molar-refractivity contribution in [2.45, 2.75) is 38.4 Å². The summed E-state index contributed by atoms with van der Waals surface area (Å²) >= 11 is 0. The molecule has 0 aliphatic carbocycles. The topological polar surface area (TPSA) is 69.2 Å². The number of alkyl halides is 3. The number of rotatable bonds is 4. The summed E-state index contributed by atoms with van der Waals surface area (Å²) < 4.78 is 38.5. The summed E-state index contributed by atoms with van der Waals surface area (Å²) in [5.74, 6) is -0.262. The van der Waals surface area contributed by atoms with Gasteiger partial charge in [-0.2, -0.15) is 13.2 Å². The van der Waals surface area contributed by atoms with E-state index >= 15 is 0 Å². The van der Waals surface area contributed by atoms with Gasteiger partial charge < -0.3 is 5.73 Å². The summed E-state index contributed by atoms with van der Waals surface area (Å²) in [5.41, 5.74) is 3.93. The highest BCUT2D eigenvalue weighted by Crippen LogP contribution is 2.38. The quantitative estimate of drug-likeness (QED) is 0.676. The van der Waals surface area contributed by atoms with E-state index in [0.717, 1.165) is 12.1 Å². The van der Waals surface area contributed by atoms with Crippen LogP contribution in [0.25, 0.3) is 0 Å². The van der Waals surface area contributed by atoms with Gasteiger partial charge in [0.2, 0.25) is 0 Å². The Morgan fingerprint density at radius 1 is 1.42 bits per heavy atom. The molecule has 0 radical (unpaired) electrons. The zero-order valence-electron chi connectivity index (χ0n) is 10.6. The van der Waals surface area contributed by atoms with Gasteiger partial charge in [-0.3, -0.25) is 10.1 Å². The Morgan fingerprint density at radius 2 is 2.00 bits per heavy atom. The summed E-state index contributed by atoms with van der Waals surface area (Å²) in [6.07, 6.45) is -4.19. The number of hydrogen-bond acceptors (Lipinski definition) is 3. The van der Waals surface area contributed by atoms with Crippen LogP contribution in [0.4, 0.5) is 18.9 Å². The molecule has 0 spiro atoms. The first-order chi connectivity index (χ1) is 8.68. The van der Waals surface area contributed by atoms with Gasteiger partial charge in [0.1, 0.15) is 5.56 Å². The van der Waals surface area contributed by atoms with Crippen LogP contribution >= 0.6 is 0 Å². The molecule has 0 saturated carbocycles. The van der Waals surface area contributed by atoms with Crippen LogP contribution in [0.15, 0.2) is 18.2 Å². The van der Waals surface area contributed by atoms with Gasteiger partial charge in [0, 0.05) is 12.1 Å². The van der Waals surface area contributed by atoms with E-state index < -0.39 is 22.4 Å². The fourth-order valence-electron chi connectivity index (χ4n) is 2.08. The van der Waals surface area contributed by atoms with Crippen LogP contribution in [0.5, 0.6) is 0 Å². The molecule has 7 heteroatoms. The van der Waals surface area contributed by atoms with Gasteiger partial charge in [-0.05, 0) is 30.9 Å². The van der Waals surface area contributed by atoms with Gasteiger partial charge in [0.05, 0.1) is 4.92 Å². The predicted octanol–water partition coefficient (Wildman–Crippen LogP) is 3.45. The van der Waals surface area contributed by atoms with Crippen molar-refractivity contribution < 1.29 is 18.1 Å². The lowest BCUT2D eigenvalue weighted by Gasteiger charge is -2.20. The van der Waals surface area contributed by atoms with Crippen LogP contribution in [-0.4, -0.2) is 11.0 Å². The number of nitro benzene ring substituents is 1. The predicted molar refractivity (Wildman–Crippen MR) is 64.8 cm³/mol.